The van der Waals surface area contributed by atoms with Gasteiger partial charge in [0.2, 0.25) is 10.0 Å². The molecule has 0 radical (unpaired) electrons. The fourth-order valence-electron chi connectivity index (χ4n) is 2.90. The summed E-state index contributed by atoms with van der Waals surface area (Å²) in [6.07, 6.45) is 0. The first-order chi connectivity index (χ1) is 13.6. The van der Waals surface area contributed by atoms with E-state index in [1.54, 1.807) is 13.1 Å². The first-order valence-electron chi connectivity index (χ1n) is 8.78. The van der Waals surface area contributed by atoms with Gasteiger partial charge in [0.25, 0.3) is 5.91 Å². The average molecular weight is 432 g/mol. The van der Waals surface area contributed by atoms with Crippen molar-refractivity contribution in [2.45, 2.75) is 24.7 Å². The predicted molar refractivity (Wildman–Crippen MR) is 118 cm³/mol. The molecule has 0 aliphatic carbocycles. The summed E-state index contributed by atoms with van der Waals surface area (Å²) in [7, 11) is -2.14. The number of carbonyl (C=O) groups excluding carboxylic acids is 1. The second kappa shape index (κ2) is 7.90. The fourth-order valence-corrected chi connectivity index (χ4v) is 3.63. The summed E-state index contributed by atoms with van der Waals surface area (Å²) in [4.78, 5) is 14.1. The first-order valence-corrected chi connectivity index (χ1v) is 10.7. The van der Waals surface area contributed by atoms with Crippen LogP contribution in [0.5, 0.6) is 0 Å². The van der Waals surface area contributed by atoms with Gasteiger partial charge in [0.05, 0.1) is 10.6 Å². The quantitative estimate of drug-likeness (QED) is 0.504. The van der Waals surface area contributed by atoms with Crippen molar-refractivity contribution in [2.75, 3.05) is 17.3 Å². The molecule has 0 bridgehead atoms. The highest BCUT2D eigenvalue weighted by Crippen LogP contribution is 2.31. The van der Waals surface area contributed by atoms with E-state index >= 15 is 0 Å². The molecule has 8 nitrogen and oxygen atoms in total. The van der Waals surface area contributed by atoms with E-state index in [4.69, 9.17) is 17.4 Å². The van der Waals surface area contributed by atoms with E-state index in [1.807, 2.05) is 18.2 Å². The van der Waals surface area contributed by atoms with E-state index in [9.17, 15) is 13.2 Å². The maximum absolute atomic E-state index is 12.6. The molecular formula is C19H21N5O3S2. The largest absolute Gasteiger partial charge is 0.331 e. The van der Waals surface area contributed by atoms with Gasteiger partial charge < -0.3 is 10.2 Å². The Hall–Kier alpha value is -2.82. The van der Waals surface area contributed by atoms with Gasteiger partial charge in [-0.25, -0.2) is 13.6 Å². The maximum atomic E-state index is 12.6. The van der Waals surface area contributed by atoms with Gasteiger partial charge in [-0.1, -0.05) is 26.0 Å². The molecule has 1 heterocycles. The number of nitrogens with two attached hydrogens (primary N) is 1. The van der Waals surface area contributed by atoms with E-state index in [2.05, 4.69) is 29.7 Å². The van der Waals surface area contributed by atoms with Crippen molar-refractivity contribution in [3.63, 3.8) is 0 Å². The Morgan fingerprint density at radius 3 is 2.59 bits per heavy atom. The minimum atomic E-state index is -3.83. The number of hydrogen-bond acceptors (Lipinski definition) is 5. The first kappa shape index (κ1) is 20.9. The molecule has 0 spiro atoms. The van der Waals surface area contributed by atoms with Gasteiger partial charge in [-0.15, -0.1) is 0 Å². The number of thiocarbonyl (C=S) groups is 1. The molecule has 1 aliphatic heterocycles. The van der Waals surface area contributed by atoms with Crippen LogP contribution in [0.15, 0.2) is 52.5 Å². The Bertz CT molecular complexity index is 1130. The molecule has 0 fully saturated rings. The standard InChI is InChI=1S/C19H21N5O3S2/c1-11(2)12-7-8-16-15(9-12)17(18(25)24(16)3)22-23-19(28)21-13-5-4-6-14(10-13)29(20,26)27/h4-11H,1-3H3,(H2,20,26,27)(H2,21,23,28). The molecule has 10 heteroatoms. The third-order valence-electron chi connectivity index (χ3n) is 4.50. The number of sulfonamides is 1. The van der Waals surface area contributed by atoms with Gasteiger partial charge in [0.1, 0.15) is 0 Å². The number of rotatable bonds is 4. The second-order valence-electron chi connectivity index (χ2n) is 6.89. The molecule has 4 N–H and O–H groups in total. The van der Waals surface area contributed by atoms with E-state index in [0.717, 1.165) is 16.8 Å². The molecule has 0 unspecified atom stereocenters. The van der Waals surface area contributed by atoms with E-state index in [1.165, 1.54) is 23.1 Å². The highest BCUT2D eigenvalue weighted by molar-refractivity contribution is 7.89. The summed E-state index contributed by atoms with van der Waals surface area (Å²) in [5.41, 5.74) is 5.94. The molecule has 3 rings (SSSR count). The Morgan fingerprint density at radius 2 is 1.93 bits per heavy atom. The van der Waals surface area contributed by atoms with Gasteiger partial charge in [-0.3, -0.25) is 10.2 Å². The number of hydrogen-bond donors (Lipinski definition) is 3. The monoisotopic (exact) mass is 431 g/mol. The van der Waals surface area contributed by atoms with E-state index in [0.29, 0.717) is 11.6 Å². The van der Waals surface area contributed by atoms with Crippen LogP contribution >= 0.6 is 12.2 Å². The Kier molecular flexibility index (Phi) is 5.69. The summed E-state index contributed by atoms with van der Waals surface area (Å²) in [6.45, 7) is 4.15. The average Bonchev–Trinajstić information content (AvgIpc) is 2.89. The summed E-state index contributed by atoms with van der Waals surface area (Å²) < 4.78 is 22.9. The lowest BCUT2D eigenvalue weighted by Gasteiger charge is -2.10. The topological polar surface area (TPSA) is 117 Å². The number of benzene rings is 2. The summed E-state index contributed by atoms with van der Waals surface area (Å²) >= 11 is 5.21. The highest BCUT2D eigenvalue weighted by Gasteiger charge is 2.32. The molecule has 1 aliphatic rings. The molecule has 29 heavy (non-hydrogen) atoms. The normalized spacial score (nSPS) is 15.0. The van der Waals surface area contributed by atoms with Crippen LogP contribution in [-0.2, 0) is 14.8 Å². The minimum absolute atomic E-state index is 0.0423. The van der Waals surface area contributed by atoms with Crippen LogP contribution in [0.1, 0.15) is 30.9 Å². The maximum Gasteiger partial charge on any atom is 0.279 e. The van der Waals surface area contributed by atoms with Crippen molar-refractivity contribution in [1.82, 2.24) is 5.43 Å². The highest BCUT2D eigenvalue weighted by atomic mass is 32.2. The number of likely N-dealkylation sites (N-methyl/N-ethyl adjacent to an activating group) is 1. The van der Waals surface area contributed by atoms with Gasteiger partial charge in [0, 0.05) is 18.3 Å². The zero-order valence-electron chi connectivity index (χ0n) is 16.1. The molecule has 152 valence electrons. The van der Waals surface area contributed by atoms with Crippen molar-refractivity contribution < 1.29 is 13.2 Å². The van der Waals surface area contributed by atoms with Crippen molar-refractivity contribution >= 4 is 50.3 Å². The zero-order chi connectivity index (χ0) is 21.3. The molecular weight excluding hydrogens is 410 g/mol. The van der Waals surface area contributed by atoms with Crippen molar-refractivity contribution in [1.29, 1.82) is 0 Å². The lowest BCUT2D eigenvalue weighted by Crippen LogP contribution is -2.30. The number of hydrazone groups is 1. The minimum Gasteiger partial charge on any atom is -0.331 e. The van der Waals surface area contributed by atoms with Gasteiger partial charge in [-0.05, 0) is 54.0 Å². The molecule has 0 atom stereocenters. The van der Waals surface area contributed by atoms with Crippen LogP contribution in [0.25, 0.3) is 0 Å². The van der Waals surface area contributed by atoms with Gasteiger partial charge in [0.15, 0.2) is 10.8 Å². The van der Waals surface area contributed by atoms with E-state index in [-0.39, 0.29) is 21.6 Å². The zero-order valence-corrected chi connectivity index (χ0v) is 17.8. The van der Waals surface area contributed by atoms with Crippen LogP contribution < -0.4 is 20.8 Å². The number of nitrogens with one attached hydrogen (secondary N) is 2. The lowest BCUT2D eigenvalue weighted by molar-refractivity contribution is -0.111. The number of carbonyl (C=O) groups is 1. The van der Waals surface area contributed by atoms with Crippen LogP contribution in [0, 0.1) is 0 Å². The predicted octanol–water partition coefficient (Wildman–Crippen LogP) is 2.12. The molecule has 2 aromatic rings. The van der Waals surface area contributed by atoms with Crippen molar-refractivity contribution in [3.8, 4) is 0 Å². The van der Waals surface area contributed by atoms with E-state index < -0.39 is 10.0 Å². The van der Waals surface area contributed by atoms with Gasteiger partial charge >= 0.3 is 0 Å². The van der Waals surface area contributed by atoms with Crippen molar-refractivity contribution in [2.24, 2.45) is 10.2 Å². The molecule has 0 saturated heterocycles. The third-order valence-corrected chi connectivity index (χ3v) is 5.60. The number of primary sulfonamides is 1. The van der Waals surface area contributed by atoms with Crippen LogP contribution in [0.3, 0.4) is 0 Å². The van der Waals surface area contributed by atoms with Gasteiger partial charge in [-0.2, -0.15) is 5.10 Å². The lowest BCUT2D eigenvalue weighted by atomic mass is 9.99. The number of fused-ring (bicyclic) bond motifs is 1. The number of amides is 1. The molecule has 0 saturated carbocycles. The Labute approximate surface area is 174 Å². The Balaban J connectivity index is 1.81. The fraction of sp³-hybridized carbons (Fsp3) is 0.211. The van der Waals surface area contributed by atoms with Crippen LogP contribution in [0.4, 0.5) is 11.4 Å². The molecule has 2 aromatic carbocycles. The third kappa shape index (κ3) is 4.44. The number of anilines is 2. The molecule has 0 aromatic heterocycles. The SMILES string of the molecule is CC(C)c1ccc2c(c1)C(=NNC(=S)Nc1cccc(S(N)(=O)=O)c1)C(=O)N2C. The molecule has 1 amide bonds. The van der Waals surface area contributed by atoms with Crippen LogP contribution in [0.2, 0.25) is 0 Å². The number of nitrogens with zero attached hydrogens (tertiary/aromatic N) is 2. The summed E-state index contributed by atoms with van der Waals surface area (Å²) in [6, 6.07) is 11.8. The summed E-state index contributed by atoms with van der Waals surface area (Å²) in [5, 5.41) is 12.3. The van der Waals surface area contributed by atoms with Crippen molar-refractivity contribution in [3.05, 3.63) is 53.6 Å². The second-order valence-corrected chi connectivity index (χ2v) is 8.86. The van der Waals surface area contributed by atoms with Crippen LogP contribution in [-0.4, -0.2) is 32.2 Å². The smallest absolute Gasteiger partial charge is 0.279 e. The summed E-state index contributed by atoms with van der Waals surface area (Å²) in [5.74, 6) is 0.0665. The Morgan fingerprint density at radius 1 is 1.21 bits per heavy atom.